The zero-order valence-electron chi connectivity index (χ0n) is 20.3. The molecule has 0 unspecified atom stereocenters. The summed E-state index contributed by atoms with van der Waals surface area (Å²) >= 11 is 0. The molecule has 2 N–H and O–H groups in total. The number of morpholine rings is 1. The van der Waals surface area contributed by atoms with Gasteiger partial charge in [-0.1, -0.05) is 0 Å². The zero-order valence-corrected chi connectivity index (χ0v) is 20.3. The maximum Gasteiger partial charge on any atom is 0.162 e. The molecule has 5 heterocycles. The van der Waals surface area contributed by atoms with Gasteiger partial charge in [0.25, 0.3) is 0 Å². The van der Waals surface area contributed by atoms with Gasteiger partial charge in [-0.25, -0.2) is 15.0 Å². The van der Waals surface area contributed by atoms with Crippen molar-refractivity contribution in [3.63, 3.8) is 0 Å². The van der Waals surface area contributed by atoms with E-state index in [-0.39, 0.29) is 6.04 Å². The van der Waals surface area contributed by atoms with Gasteiger partial charge in [-0.2, -0.15) is 5.10 Å². The van der Waals surface area contributed by atoms with E-state index in [1.54, 1.807) is 6.20 Å². The molecule has 0 saturated carbocycles. The molecular formula is C25H32N8O. The summed E-state index contributed by atoms with van der Waals surface area (Å²) < 4.78 is 7.78. The molecule has 4 aromatic heterocycles. The van der Waals surface area contributed by atoms with Crippen molar-refractivity contribution < 1.29 is 4.74 Å². The van der Waals surface area contributed by atoms with Crippen LogP contribution >= 0.6 is 0 Å². The SMILES string of the molecule is CNCCCn1nc(C)c(-c2cc(N3CCOC[C@H]3C)nc(-c3ccnc4[nH]ccc34)n2)c1C. The molecule has 1 fully saturated rings. The van der Waals surface area contributed by atoms with Crippen molar-refractivity contribution in [3.05, 3.63) is 42.0 Å². The third kappa shape index (κ3) is 4.17. The third-order valence-corrected chi connectivity index (χ3v) is 6.51. The van der Waals surface area contributed by atoms with Crippen molar-refractivity contribution in [2.24, 2.45) is 0 Å². The van der Waals surface area contributed by atoms with E-state index in [4.69, 9.17) is 19.8 Å². The molecule has 0 radical (unpaired) electrons. The molecule has 9 nitrogen and oxygen atoms in total. The van der Waals surface area contributed by atoms with Gasteiger partial charge < -0.3 is 19.9 Å². The van der Waals surface area contributed by atoms with Crippen LogP contribution in [0.5, 0.6) is 0 Å². The van der Waals surface area contributed by atoms with Crippen LogP contribution in [0.3, 0.4) is 0 Å². The number of H-pyrrole nitrogens is 1. The second kappa shape index (κ2) is 9.52. The molecule has 5 rings (SSSR count). The van der Waals surface area contributed by atoms with Gasteiger partial charge in [-0.3, -0.25) is 4.68 Å². The zero-order chi connectivity index (χ0) is 23.7. The maximum absolute atomic E-state index is 5.68. The fourth-order valence-corrected chi connectivity index (χ4v) is 4.74. The van der Waals surface area contributed by atoms with Crippen LogP contribution in [-0.4, -0.2) is 69.1 Å². The highest BCUT2D eigenvalue weighted by atomic mass is 16.5. The Morgan fingerprint density at radius 1 is 1.24 bits per heavy atom. The Hall–Kier alpha value is -3.30. The fourth-order valence-electron chi connectivity index (χ4n) is 4.74. The van der Waals surface area contributed by atoms with Crippen LogP contribution in [0, 0.1) is 13.8 Å². The second-order valence-electron chi connectivity index (χ2n) is 8.88. The van der Waals surface area contributed by atoms with Crippen molar-refractivity contribution in [1.82, 2.24) is 35.0 Å². The number of anilines is 1. The van der Waals surface area contributed by atoms with E-state index < -0.39 is 0 Å². The molecule has 0 aromatic carbocycles. The van der Waals surface area contributed by atoms with E-state index in [0.717, 1.165) is 71.1 Å². The molecule has 0 spiro atoms. The standard InChI is InChI=1S/C25H32N8O/c1-16-15-34-13-12-32(16)22-14-21(23-17(2)31-33(18(23)3)11-5-8-26-4)29-25(30-22)20-7-10-28-24-19(20)6-9-27-24/h6-7,9-10,14,16,26H,5,8,11-13,15H2,1-4H3,(H,27,28)/t16-/m1/s1. The van der Waals surface area contributed by atoms with Gasteiger partial charge in [0, 0.05) is 53.8 Å². The first-order valence-corrected chi connectivity index (χ1v) is 11.9. The van der Waals surface area contributed by atoms with E-state index in [9.17, 15) is 0 Å². The summed E-state index contributed by atoms with van der Waals surface area (Å²) in [5.41, 5.74) is 5.88. The van der Waals surface area contributed by atoms with Gasteiger partial charge >= 0.3 is 0 Å². The van der Waals surface area contributed by atoms with Crippen LogP contribution in [0.1, 0.15) is 24.7 Å². The first kappa shape index (κ1) is 22.5. The van der Waals surface area contributed by atoms with E-state index in [0.29, 0.717) is 19.0 Å². The summed E-state index contributed by atoms with van der Waals surface area (Å²) in [5, 5.41) is 9.06. The lowest BCUT2D eigenvalue weighted by atomic mass is 10.1. The van der Waals surface area contributed by atoms with Gasteiger partial charge in [-0.15, -0.1) is 0 Å². The number of aromatic nitrogens is 6. The molecule has 0 amide bonds. The van der Waals surface area contributed by atoms with Gasteiger partial charge in [0.1, 0.15) is 11.5 Å². The quantitative estimate of drug-likeness (QED) is 0.408. The average molecular weight is 461 g/mol. The Morgan fingerprint density at radius 2 is 2.12 bits per heavy atom. The third-order valence-electron chi connectivity index (χ3n) is 6.51. The number of aromatic amines is 1. The Morgan fingerprint density at radius 3 is 2.94 bits per heavy atom. The van der Waals surface area contributed by atoms with E-state index >= 15 is 0 Å². The Bertz CT molecular complexity index is 1290. The smallest absolute Gasteiger partial charge is 0.162 e. The Kier molecular flexibility index (Phi) is 6.30. The highest BCUT2D eigenvalue weighted by Crippen LogP contribution is 2.33. The van der Waals surface area contributed by atoms with Crippen LogP contribution in [0.4, 0.5) is 5.82 Å². The van der Waals surface area contributed by atoms with E-state index in [1.807, 2.05) is 25.4 Å². The number of hydrogen-bond acceptors (Lipinski definition) is 7. The number of hydrogen-bond donors (Lipinski definition) is 2. The summed E-state index contributed by atoms with van der Waals surface area (Å²) in [7, 11) is 1.98. The molecule has 9 heteroatoms. The van der Waals surface area contributed by atoms with Gasteiger partial charge in [-0.05, 0) is 52.9 Å². The van der Waals surface area contributed by atoms with Crippen LogP contribution in [0.25, 0.3) is 33.7 Å². The lowest BCUT2D eigenvalue weighted by molar-refractivity contribution is 0.0985. The fraction of sp³-hybridized carbons (Fsp3) is 0.440. The van der Waals surface area contributed by atoms with Crippen LogP contribution in [0.2, 0.25) is 0 Å². The minimum absolute atomic E-state index is 0.237. The summed E-state index contributed by atoms with van der Waals surface area (Å²) in [6, 6.07) is 6.36. The lowest BCUT2D eigenvalue weighted by Crippen LogP contribution is -2.44. The molecular weight excluding hydrogens is 428 g/mol. The Balaban J connectivity index is 1.65. The molecule has 1 saturated heterocycles. The van der Waals surface area contributed by atoms with Crippen molar-refractivity contribution in [2.75, 3.05) is 38.3 Å². The van der Waals surface area contributed by atoms with Crippen LogP contribution in [0.15, 0.2) is 30.6 Å². The minimum atomic E-state index is 0.237. The second-order valence-corrected chi connectivity index (χ2v) is 8.88. The summed E-state index contributed by atoms with van der Waals surface area (Å²) in [4.78, 5) is 20.1. The number of ether oxygens (including phenoxy) is 1. The highest BCUT2D eigenvalue weighted by Gasteiger charge is 2.24. The summed E-state index contributed by atoms with van der Waals surface area (Å²) in [6.07, 6.45) is 4.73. The van der Waals surface area contributed by atoms with Crippen LogP contribution < -0.4 is 10.2 Å². The van der Waals surface area contributed by atoms with Crippen molar-refractivity contribution in [2.45, 2.75) is 39.8 Å². The first-order chi connectivity index (χ1) is 16.6. The summed E-state index contributed by atoms with van der Waals surface area (Å²) in [6.45, 7) is 10.4. The minimum Gasteiger partial charge on any atom is -0.377 e. The number of pyridine rings is 1. The van der Waals surface area contributed by atoms with Crippen molar-refractivity contribution in [1.29, 1.82) is 0 Å². The molecule has 34 heavy (non-hydrogen) atoms. The maximum atomic E-state index is 5.68. The predicted molar refractivity (Wildman–Crippen MR) is 134 cm³/mol. The first-order valence-electron chi connectivity index (χ1n) is 11.9. The van der Waals surface area contributed by atoms with Gasteiger partial charge in [0.2, 0.25) is 0 Å². The molecule has 1 aliphatic rings. The van der Waals surface area contributed by atoms with Crippen molar-refractivity contribution in [3.8, 4) is 22.6 Å². The molecule has 178 valence electrons. The largest absolute Gasteiger partial charge is 0.377 e. The normalized spacial score (nSPS) is 16.5. The van der Waals surface area contributed by atoms with E-state index in [2.05, 4.69) is 51.7 Å². The number of fused-ring (bicyclic) bond motifs is 1. The Labute approximate surface area is 199 Å². The molecule has 4 aromatic rings. The van der Waals surface area contributed by atoms with E-state index in [1.165, 1.54) is 0 Å². The number of rotatable bonds is 7. The topological polar surface area (TPSA) is 96.8 Å². The number of aryl methyl sites for hydroxylation is 2. The average Bonchev–Trinajstić information content (AvgIpc) is 3.43. The molecule has 0 bridgehead atoms. The monoisotopic (exact) mass is 460 g/mol. The number of nitrogens with one attached hydrogen (secondary N) is 2. The molecule has 1 aliphatic heterocycles. The van der Waals surface area contributed by atoms with Gasteiger partial charge in [0.05, 0.1) is 30.6 Å². The predicted octanol–water partition coefficient (Wildman–Crippen LogP) is 3.33. The lowest BCUT2D eigenvalue weighted by Gasteiger charge is -2.34. The highest BCUT2D eigenvalue weighted by molar-refractivity contribution is 5.91. The van der Waals surface area contributed by atoms with Gasteiger partial charge in [0.15, 0.2) is 5.82 Å². The van der Waals surface area contributed by atoms with Crippen molar-refractivity contribution >= 4 is 16.9 Å². The molecule has 0 aliphatic carbocycles. The summed E-state index contributed by atoms with van der Waals surface area (Å²) in [5.74, 6) is 1.61. The number of nitrogens with zero attached hydrogens (tertiary/aromatic N) is 6. The molecule has 1 atom stereocenters. The van der Waals surface area contributed by atoms with Crippen LogP contribution in [-0.2, 0) is 11.3 Å².